The molecule has 2 rings (SSSR count). The number of halogens is 3. The molecule has 0 radical (unpaired) electrons. The summed E-state index contributed by atoms with van der Waals surface area (Å²) >= 11 is 4.53. The topological polar surface area (TPSA) is 26.0 Å². The summed E-state index contributed by atoms with van der Waals surface area (Å²) in [6.45, 7) is 0. The molecule has 0 unspecified atom stereocenters. The fourth-order valence-electron chi connectivity index (χ4n) is 1.49. The van der Waals surface area contributed by atoms with Crippen LogP contribution in [0.5, 0.6) is 0 Å². The van der Waals surface area contributed by atoms with Crippen molar-refractivity contribution >= 4 is 33.4 Å². The molecular weight excluding hydrogens is 320 g/mol. The maximum absolute atomic E-state index is 13.5. The van der Waals surface area contributed by atoms with Gasteiger partial charge in [-0.15, -0.1) is 11.8 Å². The maximum atomic E-state index is 13.5. The van der Waals surface area contributed by atoms with E-state index in [-0.39, 0.29) is 11.6 Å². The molecule has 5 heteroatoms. The minimum Gasteiger partial charge on any atom is -0.399 e. The molecule has 18 heavy (non-hydrogen) atoms. The van der Waals surface area contributed by atoms with Gasteiger partial charge >= 0.3 is 0 Å². The average molecular weight is 330 g/mol. The SMILES string of the molecule is Nc1ccc(SCc2cc(F)cc(Br)c2)c(F)c1. The third-order valence-electron chi connectivity index (χ3n) is 2.27. The predicted octanol–water partition coefficient (Wildman–Crippen LogP) is 4.60. The summed E-state index contributed by atoms with van der Waals surface area (Å²) in [5, 5.41) is 0. The Hall–Kier alpha value is -1.07. The number of anilines is 1. The first-order chi connectivity index (χ1) is 8.54. The fourth-order valence-corrected chi connectivity index (χ4v) is 2.85. The molecule has 94 valence electrons. The van der Waals surface area contributed by atoms with E-state index in [0.717, 1.165) is 5.56 Å². The van der Waals surface area contributed by atoms with E-state index in [1.807, 2.05) is 6.07 Å². The van der Waals surface area contributed by atoms with Crippen molar-refractivity contribution in [2.24, 2.45) is 0 Å². The average Bonchev–Trinajstić information content (AvgIpc) is 2.26. The molecule has 0 aliphatic rings. The molecule has 0 saturated carbocycles. The molecule has 2 aromatic carbocycles. The highest BCUT2D eigenvalue weighted by Gasteiger charge is 2.05. The van der Waals surface area contributed by atoms with Crippen molar-refractivity contribution in [1.29, 1.82) is 0 Å². The van der Waals surface area contributed by atoms with Crippen molar-refractivity contribution in [3.8, 4) is 0 Å². The van der Waals surface area contributed by atoms with Crippen LogP contribution >= 0.6 is 27.7 Å². The van der Waals surface area contributed by atoms with Gasteiger partial charge in [0.2, 0.25) is 0 Å². The lowest BCUT2D eigenvalue weighted by Gasteiger charge is -2.05. The molecule has 0 spiro atoms. The maximum Gasteiger partial charge on any atom is 0.138 e. The Balaban J connectivity index is 2.11. The minimum absolute atomic E-state index is 0.308. The number of nitrogens with two attached hydrogens (primary N) is 1. The monoisotopic (exact) mass is 329 g/mol. The van der Waals surface area contributed by atoms with Gasteiger partial charge < -0.3 is 5.73 Å². The lowest BCUT2D eigenvalue weighted by molar-refractivity contribution is 0.602. The van der Waals surface area contributed by atoms with Crippen molar-refractivity contribution in [3.05, 3.63) is 58.1 Å². The largest absolute Gasteiger partial charge is 0.399 e. The summed E-state index contributed by atoms with van der Waals surface area (Å²) in [6.07, 6.45) is 0. The molecule has 0 amide bonds. The van der Waals surface area contributed by atoms with Crippen LogP contribution in [0, 0.1) is 11.6 Å². The van der Waals surface area contributed by atoms with E-state index in [9.17, 15) is 8.78 Å². The van der Waals surface area contributed by atoms with Gasteiger partial charge in [0, 0.05) is 20.8 Å². The predicted molar refractivity (Wildman–Crippen MR) is 74.5 cm³/mol. The standard InChI is InChI=1S/C13H10BrF2NS/c14-9-3-8(4-10(15)5-9)7-18-13-2-1-11(17)6-12(13)16/h1-6H,7,17H2. The summed E-state index contributed by atoms with van der Waals surface area (Å²) in [7, 11) is 0. The number of thioether (sulfide) groups is 1. The number of nitrogen functional groups attached to an aromatic ring is 1. The zero-order chi connectivity index (χ0) is 13.1. The number of benzene rings is 2. The first-order valence-electron chi connectivity index (χ1n) is 5.17. The first-order valence-corrected chi connectivity index (χ1v) is 6.95. The highest BCUT2D eigenvalue weighted by Crippen LogP contribution is 2.28. The summed E-state index contributed by atoms with van der Waals surface area (Å²) in [5.41, 5.74) is 6.66. The Morgan fingerprint density at radius 2 is 1.89 bits per heavy atom. The zero-order valence-corrected chi connectivity index (χ0v) is 11.7. The van der Waals surface area contributed by atoms with Crippen LogP contribution in [0.25, 0.3) is 0 Å². The normalized spacial score (nSPS) is 10.6. The van der Waals surface area contributed by atoms with Crippen molar-refractivity contribution in [2.75, 3.05) is 5.73 Å². The highest BCUT2D eigenvalue weighted by atomic mass is 79.9. The van der Waals surface area contributed by atoms with Gasteiger partial charge in [-0.05, 0) is 42.0 Å². The molecule has 0 heterocycles. The van der Waals surface area contributed by atoms with Gasteiger partial charge in [-0.1, -0.05) is 15.9 Å². The lowest BCUT2D eigenvalue weighted by atomic mass is 10.2. The van der Waals surface area contributed by atoms with E-state index >= 15 is 0 Å². The van der Waals surface area contributed by atoms with Crippen molar-refractivity contribution in [2.45, 2.75) is 10.6 Å². The molecule has 1 nitrogen and oxygen atoms in total. The molecule has 0 aliphatic heterocycles. The first kappa shape index (κ1) is 13.4. The van der Waals surface area contributed by atoms with Crippen LogP contribution in [0.3, 0.4) is 0 Å². The smallest absolute Gasteiger partial charge is 0.138 e. The van der Waals surface area contributed by atoms with Crippen LogP contribution in [0.4, 0.5) is 14.5 Å². The van der Waals surface area contributed by atoms with Crippen LogP contribution in [0.15, 0.2) is 45.8 Å². The van der Waals surface area contributed by atoms with E-state index < -0.39 is 0 Å². The van der Waals surface area contributed by atoms with Gasteiger partial charge in [0.25, 0.3) is 0 Å². The summed E-state index contributed by atoms with van der Waals surface area (Å²) in [6, 6.07) is 9.19. The fraction of sp³-hybridized carbons (Fsp3) is 0.0769. The second-order valence-electron chi connectivity index (χ2n) is 3.76. The second kappa shape index (κ2) is 5.71. The number of rotatable bonds is 3. The Bertz CT molecular complexity index is 555. The van der Waals surface area contributed by atoms with Gasteiger partial charge in [0.15, 0.2) is 0 Å². The van der Waals surface area contributed by atoms with Gasteiger partial charge in [0.05, 0.1) is 0 Å². The Morgan fingerprint density at radius 1 is 1.11 bits per heavy atom. The molecular formula is C13H10BrF2NS. The molecule has 0 aromatic heterocycles. The van der Waals surface area contributed by atoms with E-state index in [1.54, 1.807) is 12.1 Å². The quantitative estimate of drug-likeness (QED) is 0.657. The number of hydrogen-bond donors (Lipinski definition) is 1. The Kier molecular flexibility index (Phi) is 4.24. The van der Waals surface area contributed by atoms with Crippen LogP contribution < -0.4 is 5.73 Å². The summed E-state index contributed by atoms with van der Waals surface area (Å²) in [4.78, 5) is 0.504. The van der Waals surface area contributed by atoms with Crippen LogP contribution in [0.1, 0.15) is 5.56 Å². The molecule has 2 aromatic rings. The third-order valence-corrected chi connectivity index (χ3v) is 3.85. The second-order valence-corrected chi connectivity index (χ2v) is 5.69. The highest BCUT2D eigenvalue weighted by molar-refractivity contribution is 9.10. The van der Waals surface area contributed by atoms with Crippen LogP contribution in [-0.4, -0.2) is 0 Å². The van der Waals surface area contributed by atoms with Crippen molar-refractivity contribution in [1.82, 2.24) is 0 Å². The van der Waals surface area contributed by atoms with E-state index in [4.69, 9.17) is 5.73 Å². The summed E-state index contributed by atoms with van der Waals surface area (Å²) in [5.74, 6) is -0.162. The van der Waals surface area contributed by atoms with Gasteiger partial charge in [-0.25, -0.2) is 8.78 Å². The number of hydrogen-bond acceptors (Lipinski definition) is 2. The van der Waals surface area contributed by atoms with E-state index in [2.05, 4.69) is 15.9 Å². The van der Waals surface area contributed by atoms with Gasteiger partial charge in [-0.3, -0.25) is 0 Å². The van der Waals surface area contributed by atoms with Crippen molar-refractivity contribution < 1.29 is 8.78 Å². The molecule has 2 N–H and O–H groups in total. The van der Waals surface area contributed by atoms with Gasteiger partial charge in [-0.2, -0.15) is 0 Å². The van der Waals surface area contributed by atoms with Crippen LogP contribution in [0.2, 0.25) is 0 Å². The Morgan fingerprint density at radius 3 is 2.56 bits per heavy atom. The van der Waals surface area contributed by atoms with Crippen molar-refractivity contribution in [3.63, 3.8) is 0 Å². The molecule has 0 bridgehead atoms. The lowest BCUT2D eigenvalue weighted by Crippen LogP contribution is -1.89. The Labute approximate surface area is 117 Å². The van der Waals surface area contributed by atoms with E-state index in [1.165, 1.54) is 30.0 Å². The molecule has 0 saturated heterocycles. The summed E-state index contributed by atoms with van der Waals surface area (Å²) < 4.78 is 27.4. The van der Waals surface area contributed by atoms with Gasteiger partial charge in [0.1, 0.15) is 11.6 Å². The third kappa shape index (κ3) is 3.46. The minimum atomic E-state index is -0.351. The zero-order valence-electron chi connectivity index (χ0n) is 9.29. The van der Waals surface area contributed by atoms with E-state index in [0.29, 0.717) is 20.8 Å². The molecule has 0 aliphatic carbocycles. The molecule has 0 atom stereocenters. The van der Waals surface area contributed by atoms with Crippen LogP contribution in [-0.2, 0) is 5.75 Å². The molecule has 0 fully saturated rings.